The van der Waals surface area contributed by atoms with Gasteiger partial charge in [0.2, 0.25) is 0 Å². The molecule has 6 heteroatoms. The Balaban J connectivity index is 1.34. The van der Waals surface area contributed by atoms with Gasteiger partial charge in [0, 0.05) is 24.5 Å². The number of methoxy groups -OCH3 is 1. The summed E-state index contributed by atoms with van der Waals surface area (Å²) in [6.45, 7) is 4.91. The van der Waals surface area contributed by atoms with Gasteiger partial charge in [-0.05, 0) is 99.3 Å². The molecule has 1 aromatic heterocycles. The number of likely N-dealkylation sites (tertiary alicyclic amines) is 1. The molecule has 1 aliphatic rings. The molecule has 1 aliphatic heterocycles. The summed E-state index contributed by atoms with van der Waals surface area (Å²) in [6.07, 6.45) is 5.79. The van der Waals surface area contributed by atoms with Gasteiger partial charge in [0.05, 0.1) is 18.7 Å². The fourth-order valence-corrected chi connectivity index (χ4v) is 5.66. The Labute approximate surface area is 213 Å². The van der Waals surface area contributed by atoms with Crippen LogP contribution in [0.5, 0.6) is 5.75 Å². The average Bonchev–Trinajstić information content (AvgIpc) is 2.87. The molecule has 0 bridgehead atoms. The number of hydrogen-bond acceptors (Lipinski definition) is 5. The van der Waals surface area contributed by atoms with Crippen molar-refractivity contribution in [2.45, 2.75) is 51.6 Å². The van der Waals surface area contributed by atoms with Crippen molar-refractivity contribution in [2.75, 3.05) is 26.7 Å². The molecule has 3 aromatic rings. The summed E-state index contributed by atoms with van der Waals surface area (Å²) in [7, 11) is 1.63. The van der Waals surface area contributed by atoms with Gasteiger partial charge in [0.15, 0.2) is 0 Å². The predicted octanol–water partition coefficient (Wildman–Crippen LogP) is 5.41. The monoisotopic (exact) mass is 490 g/mol. The Hall–Kier alpha value is -2.96. The number of nitrogens with zero attached hydrogens (tertiary/aromatic N) is 2. The molecule has 0 saturated carbocycles. The molecule has 6 nitrogen and oxygen atoms in total. The third-order valence-electron chi connectivity index (χ3n) is 7.59. The van der Waals surface area contributed by atoms with Crippen molar-refractivity contribution >= 4 is 16.9 Å². The summed E-state index contributed by atoms with van der Waals surface area (Å²) in [5.41, 5.74) is 4.33. The molecule has 2 N–H and O–H groups in total. The van der Waals surface area contributed by atoms with Crippen molar-refractivity contribution in [3.8, 4) is 5.75 Å². The lowest BCUT2D eigenvalue weighted by Gasteiger charge is -2.38. The molecule has 0 spiro atoms. The first-order chi connectivity index (χ1) is 17.4. The van der Waals surface area contributed by atoms with Crippen molar-refractivity contribution in [1.29, 1.82) is 0 Å². The molecule has 0 unspecified atom stereocenters. The summed E-state index contributed by atoms with van der Waals surface area (Å²) in [5.74, 6) is 0.405. The number of carboxylic acid groups (broad SMARTS) is 1. The number of piperidine rings is 1. The maximum Gasteiger partial charge on any atom is 0.303 e. The van der Waals surface area contributed by atoms with E-state index in [1.807, 2.05) is 24.3 Å². The number of ether oxygens (including phenoxy) is 1. The highest BCUT2D eigenvalue weighted by Gasteiger charge is 2.31. The van der Waals surface area contributed by atoms with Gasteiger partial charge in [-0.2, -0.15) is 0 Å². The van der Waals surface area contributed by atoms with Gasteiger partial charge in [-0.25, -0.2) is 0 Å². The fourth-order valence-electron chi connectivity index (χ4n) is 5.66. The van der Waals surface area contributed by atoms with Crippen molar-refractivity contribution in [2.24, 2.45) is 11.8 Å². The number of benzene rings is 2. The maximum atomic E-state index is 11.6. The topological polar surface area (TPSA) is 82.9 Å². The summed E-state index contributed by atoms with van der Waals surface area (Å²) < 4.78 is 5.36. The van der Waals surface area contributed by atoms with Crippen molar-refractivity contribution in [1.82, 2.24) is 9.88 Å². The molecule has 3 atom stereocenters. The third kappa shape index (κ3) is 6.83. The third-order valence-corrected chi connectivity index (χ3v) is 7.59. The van der Waals surface area contributed by atoms with E-state index in [1.165, 1.54) is 11.1 Å². The molecule has 192 valence electrons. The van der Waals surface area contributed by atoms with Crippen molar-refractivity contribution in [3.63, 3.8) is 0 Å². The summed E-state index contributed by atoms with van der Waals surface area (Å²) in [4.78, 5) is 18.5. The minimum Gasteiger partial charge on any atom is -0.497 e. The van der Waals surface area contributed by atoms with Crippen molar-refractivity contribution < 1.29 is 19.7 Å². The number of carbonyl (C=O) groups is 1. The van der Waals surface area contributed by atoms with Gasteiger partial charge < -0.3 is 19.8 Å². The Morgan fingerprint density at radius 1 is 1.19 bits per heavy atom. The molecule has 0 radical (unpaired) electrons. The fraction of sp³-hybridized carbons (Fsp3) is 0.467. The molecule has 0 amide bonds. The number of pyridine rings is 1. The van der Waals surface area contributed by atoms with Crippen LogP contribution in [0.2, 0.25) is 0 Å². The van der Waals surface area contributed by atoms with Gasteiger partial charge >= 0.3 is 5.97 Å². The molecule has 4 rings (SSSR count). The first-order valence-corrected chi connectivity index (χ1v) is 13.0. The Morgan fingerprint density at radius 3 is 2.83 bits per heavy atom. The molecule has 2 heterocycles. The lowest BCUT2D eigenvalue weighted by atomic mass is 9.79. The smallest absolute Gasteiger partial charge is 0.303 e. The summed E-state index contributed by atoms with van der Waals surface area (Å²) >= 11 is 0. The van der Waals surface area contributed by atoms with Gasteiger partial charge in [-0.1, -0.05) is 29.8 Å². The number of aromatic nitrogens is 1. The second-order valence-corrected chi connectivity index (χ2v) is 10.2. The normalized spacial score (nSPS) is 19.3. The molecule has 36 heavy (non-hydrogen) atoms. The minimum absolute atomic E-state index is 0.108. The van der Waals surface area contributed by atoms with E-state index in [4.69, 9.17) is 4.74 Å². The Bertz CT molecular complexity index is 1160. The molecule has 1 saturated heterocycles. The highest BCUT2D eigenvalue weighted by molar-refractivity contribution is 5.83. The largest absolute Gasteiger partial charge is 0.497 e. The molecule has 1 fully saturated rings. The predicted molar refractivity (Wildman–Crippen MR) is 142 cm³/mol. The van der Waals surface area contributed by atoms with E-state index < -0.39 is 12.1 Å². The molecular weight excluding hydrogens is 452 g/mol. The van der Waals surface area contributed by atoms with E-state index in [0.29, 0.717) is 12.3 Å². The zero-order chi connectivity index (χ0) is 25.5. The first-order valence-electron chi connectivity index (χ1n) is 13.0. The highest BCUT2D eigenvalue weighted by atomic mass is 16.5. The van der Waals surface area contributed by atoms with E-state index >= 15 is 0 Å². The van der Waals surface area contributed by atoms with Crippen LogP contribution in [0.4, 0.5) is 0 Å². The molecule has 2 aromatic carbocycles. The van der Waals surface area contributed by atoms with E-state index in [-0.39, 0.29) is 12.3 Å². The summed E-state index contributed by atoms with van der Waals surface area (Å²) in [5, 5.41) is 21.5. The second kappa shape index (κ2) is 12.3. The van der Waals surface area contributed by atoms with E-state index in [0.717, 1.165) is 67.5 Å². The number of hydrogen-bond donors (Lipinski definition) is 2. The quantitative estimate of drug-likeness (QED) is 0.374. The van der Waals surface area contributed by atoms with E-state index in [1.54, 1.807) is 13.3 Å². The average molecular weight is 491 g/mol. The zero-order valence-corrected chi connectivity index (χ0v) is 21.4. The van der Waals surface area contributed by atoms with Crippen LogP contribution in [-0.4, -0.2) is 52.8 Å². The number of aryl methyl sites for hydroxylation is 2. The van der Waals surface area contributed by atoms with Gasteiger partial charge in [-0.3, -0.25) is 9.78 Å². The van der Waals surface area contributed by atoms with Crippen molar-refractivity contribution in [3.05, 3.63) is 71.4 Å². The minimum atomic E-state index is -0.737. The van der Waals surface area contributed by atoms with Gasteiger partial charge in [0.1, 0.15) is 5.75 Å². The molecule has 0 aliphatic carbocycles. The zero-order valence-electron chi connectivity index (χ0n) is 21.4. The van der Waals surface area contributed by atoms with Crippen LogP contribution < -0.4 is 4.74 Å². The summed E-state index contributed by atoms with van der Waals surface area (Å²) in [6, 6.07) is 16.2. The van der Waals surface area contributed by atoms with Crippen LogP contribution in [0.1, 0.15) is 54.9 Å². The van der Waals surface area contributed by atoms with Gasteiger partial charge in [0.25, 0.3) is 0 Å². The number of aliphatic hydroxyl groups is 1. The number of fused-ring (bicyclic) bond motifs is 1. The van der Waals surface area contributed by atoms with Crippen LogP contribution in [0.25, 0.3) is 10.9 Å². The maximum absolute atomic E-state index is 11.6. The number of aliphatic hydroxyl groups excluding tert-OH is 1. The van der Waals surface area contributed by atoms with Crippen LogP contribution in [-0.2, 0) is 11.2 Å². The van der Waals surface area contributed by atoms with Crippen LogP contribution in [0, 0.1) is 18.8 Å². The number of aliphatic carboxylic acids is 1. The van der Waals surface area contributed by atoms with Crippen LogP contribution in [0.15, 0.2) is 54.7 Å². The lowest BCUT2D eigenvalue weighted by molar-refractivity contribution is -0.139. The van der Waals surface area contributed by atoms with Crippen LogP contribution in [0.3, 0.4) is 0 Å². The SMILES string of the molecule is COc1ccc2nccc([C@@H](O)CC[C@@H]3CCN(CCCc4cccc(C)c4)C[C@@H]3CC(=O)O)c2c1. The standard InChI is InChI=1S/C30H38N2O4/c1-21-5-3-6-22(17-21)7-4-15-32-16-13-23(24(20-32)18-30(34)35)8-11-29(33)26-12-14-31-28-10-9-25(36-2)19-27(26)28/h3,5-6,9-10,12,14,17,19,23-24,29,33H,4,7-8,11,13,15-16,18,20H2,1-2H3,(H,34,35)/t23-,24+,29+/m1/s1. The van der Waals surface area contributed by atoms with E-state index in [2.05, 4.69) is 41.1 Å². The highest BCUT2D eigenvalue weighted by Crippen LogP contribution is 2.34. The number of carboxylic acids is 1. The molecular formula is C30H38N2O4. The van der Waals surface area contributed by atoms with E-state index in [9.17, 15) is 15.0 Å². The van der Waals surface area contributed by atoms with Gasteiger partial charge in [-0.15, -0.1) is 0 Å². The lowest BCUT2D eigenvalue weighted by Crippen LogP contribution is -2.42. The number of rotatable bonds is 11. The second-order valence-electron chi connectivity index (χ2n) is 10.2. The van der Waals surface area contributed by atoms with Crippen LogP contribution >= 0.6 is 0 Å². The Kier molecular flexibility index (Phi) is 8.94. The first kappa shape index (κ1) is 26.1. The Morgan fingerprint density at radius 2 is 2.06 bits per heavy atom.